The predicted molar refractivity (Wildman–Crippen MR) is 41.4 cm³/mol. The molecule has 1 aliphatic carbocycles. The van der Waals surface area contributed by atoms with Crippen LogP contribution in [-0.4, -0.2) is 23.8 Å². The lowest BCUT2D eigenvalue weighted by atomic mass is 10.2. The van der Waals surface area contributed by atoms with Crippen LogP contribution in [0.1, 0.15) is 25.7 Å². The van der Waals surface area contributed by atoms with E-state index in [2.05, 4.69) is 0 Å². The normalized spacial score (nSPS) is 27.5. The lowest BCUT2D eigenvalue weighted by Crippen LogP contribution is -2.54. The van der Waals surface area contributed by atoms with Crippen molar-refractivity contribution in [2.75, 3.05) is 0 Å². The maximum Gasteiger partial charge on any atom is 0.337 e. The van der Waals surface area contributed by atoms with Gasteiger partial charge < -0.3 is 15.2 Å². The zero-order valence-corrected chi connectivity index (χ0v) is 7.12. The molecule has 0 radical (unpaired) electrons. The molecular formula is C8H11NO4. The van der Waals surface area contributed by atoms with Crippen LogP contribution in [0.3, 0.4) is 0 Å². The van der Waals surface area contributed by atoms with E-state index < -0.39 is 23.8 Å². The topological polar surface area (TPSA) is 78.6 Å². The molecular weight excluding hydrogens is 174 g/mol. The molecule has 1 aliphatic heterocycles. The Labute approximate surface area is 75.2 Å². The highest BCUT2D eigenvalue weighted by molar-refractivity contribution is 6.00. The molecule has 1 spiro atoms. The Morgan fingerprint density at radius 1 is 1.15 bits per heavy atom. The van der Waals surface area contributed by atoms with Crippen LogP contribution in [0.5, 0.6) is 0 Å². The van der Waals surface area contributed by atoms with Crippen LogP contribution in [0.15, 0.2) is 0 Å². The Balaban J connectivity index is 2.17. The second-order valence-corrected chi connectivity index (χ2v) is 3.44. The summed E-state index contributed by atoms with van der Waals surface area (Å²) in [4.78, 5) is 22.2. The molecule has 1 saturated carbocycles. The highest BCUT2D eigenvalue weighted by Gasteiger charge is 2.49. The van der Waals surface area contributed by atoms with Crippen LogP contribution in [0.25, 0.3) is 0 Å². The van der Waals surface area contributed by atoms with Gasteiger partial charge in [0.1, 0.15) is 0 Å². The SMILES string of the molecule is NC1C(=O)OC2(CCCC2)OC1=O. The summed E-state index contributed by atoms with van der Waals surface area (Å²) in [5.41, 5.74) is 5.22. The average Bonchev–Trinajstić information content (AvgIpc) is 2.49. The van der Waals surface area contributed by atoms with Gasteiger partial charge in [-0.3, -0.25) is 0 Å². The van der Waals surface area contributed by atoms with Crippen molar-refractivity contribution in [1.82, 2.24) is 0 Å². The molecule has 13 heavy (non-hydrogen) atoms. The van der Waals surface area contributed by atoms with Gasteiger partial charge in [-0.25, -0.2) is 9.59 Å². The van der Waals surface area contributed by atoms with Crippen molar-refractivity contribution in [3.8, 4) is 0 Å². The lowest BCUT2D eigenvalue weighted by molar-refractivity contribution is -0.244. The smallest absolute Gasteiger partial charge is 0.337 e. The third kappa shape index (κ3) is 1.29. The van der Waals surface area contributed by atoms with E-state index in [0.29, 0.717) is 12.8 Å². The Bertz CT molecular complexity index is 237. The van der Waals surface area contributed by atoms with Crippen LogP contribution < -0.4 is 5.73 Å². The maximum absolute atomic E-state index is 11.1. The molecule has 0 aromatic heterocycles. The number of esters is 2. The third-order valence-electron chi connectivity index (χ3n) is 2.45. The fourth-order valence-corrected chi connectivity index (χ4v) is 1.73. The minimum absolute atomic E-state index is 0.594. The molecule has 0 unspecified atom stereocenters. The van der Waals surface area contributed by atoms with Gasteiger partial charge in [-0.1, -0.05) is 0 Å². The van der Waals surface area contributed by atoms with Gasteiger partial charge in [0.15, 0.2) is 0 Å². The molecule has 2 rings (SSSR count). The van der Waals surface area contributed by atoms with Gasteiger partial charge in [-0.2, -0.15) is 0 Å². The quantitative estimate of drug-likeness (QED) is 0.413. The monoisotopic (exact) mass is 185 g/mol. The van der Waals surface area contributed by atoms with Crippen molar-refractivity contribution in [3.63, 3.8) is 0 Å². The van der Waals surface area contributed by atoms with Gasteiger partial charge in [0.05, 0.1) is 0 Å². The van der Waals surface area contributed by atoms with Crippen LogP contribution in [0.4, 0.5) is 0 Å². The minimum atomic E-state index is -1.26. The molecule has 5 nitrogen and oxygen atoms in total. The summed E-state index contributed by atoms with van der Waals surface area (Å²) in [5, 5.41) is 0. The maximum atomic E-state index is 11.1. The van der Waals surface area contributed by atoms with E-state index in [4.69, 9.17) is 15.2 Å². The van der Waals surface area contributed by atoms with E-state index in [-0.39, 0.29) is 0 Å². The van der Waals surface area contributed by atoms with E-state index in [1.165, 1.54) is 0 Å². The standard InChI is InChI=1S/C8H11NO4/c9-5-6(10)12-8(13-7(5)11)3-1-2-4-8/h5H,1-4,9H2. The third-order valence-corrected chi connectivity index (χ3v) is 2.45. The van der Waals surface area contributed by atoms with Crippen molar-refractivity contribution >= 4 is 11.9 Å². The molecule has 0 amide bonds. The first-order chi connectivity index (χ1) is 6.13. The van der Waals surface area contributed by atoms with E-state index in [1.54, 1.807) is 0 Å². The summed E-state index contributed by atoms with van der Waals surface area (Å²) in [7, 11) is 0. The van der Waals surface area contributed by atoms with E-state index in [9.17, 15) is 9.59 Å². The predicted octanol–water partition coefficient (Wildman–Crippen LogP) is -0.316. The number of rotatable bonds is 0. The molecule has 72 valence electrons. The van der Waals surface area contributed by atoms with Gasteiger partial charge in [0.2, 0.25) is 6.04 Å². The van der Waals surface area contributed by atoms with Crippen molar-refractivity contribution in [2.24, 2.45) is 5.73 Å². The fourth-order valence-electron chi connectivity index (χ4n) is 1.73. The molecule has 0 bridgehead atoms. The number of carbonyl (C=O) groups excluding carboxylic acids is 2. The molecule has 0 aromatic rings. The molecule has 2 N–H and O–H groups in total. The molecule has 2 fully saturated rings. The molecule has 0 aromatic carbocycles. The van der Waals surface area contributed by atoms with Crippen molar-refractivity contribution in [2.45, 2.75) is 37.5 Å². The number of ether oxygens (including phenoxy) is 2. The average molecular weight is 185 g/mol. The number of carbonyl (C=O) groups is 2. The second-order valence-electron chi connectivity index (χ2n) is 3.44. The molecule has 0 atom stereocenters. The van der Waals surface area contributed by atoms with Crippen LogP contribution >= 0.6 is 0 Å². The Morgan fingerprint density at radius 2 is 1.62 bits per heavy atom. The van der Waals surface area contributed by atoms with Gasteiger partial charge in [0, 0.05) is 12.8 Å². The second kappa shape index (κ2) is 2.70. The summed E-state index contributed by atoms with van der Waals surface area (Å²) in [6, 6.07) is -1.26. The highest BCUT2D eigenvalue weighted by atomic mass is 16.7. The Hall–Kier alpha value is -1.10. The zero-order valence-electron chi connectivity index (χ0n) is 7.12. The van der Waals surface area contributed by atoms with Crippen molar-refractivity contribution in [1.29, 1.82) is 0 Å². The molecule has 5 heteroatoms. The summed E-state index contributed by atoms with van der Waals surface area (Å²) in [6.45, 7) is 0. The molecule has 1 saturated heterocycles. The summed E-state index contributed by atoms with van der Waals surface area (Å²) in [5.74, 6) is -2.32. The zero-order chi connectivity index (χ0) is 9.47. The number of hydrogen-bond donors (Lipinski definition) is 1. The summed E-state index contributed by atoms with van der Waals surface area (Å²) >= 11 is 0. The number of hydrogen-bond acceptors (Lipinski definition) is 5. The summed E-state index contributed by atoms with van der Waals surface area (Å²) < 4.78 is 10.0. The summed E-state index contributed by atoms with van der Waals surface area (Å²) in [6.07, 6.45) is 3.01. The van der Waals surface area contributed by atoms with Gasteiger partial charge >= 0.3 is 11.9 Å². The van der Waals surface area contributed by atoms with E-state index in [0.717, 1.165) is 12.8 Å². The highest BCUT2D eigenvalue weighted by Crippen LogP contribution is 2.36. The first-order valence-electron chi connectivity index (χ1n) is 4.34. The molecule has 1 heterocycles. The van der Waals surface area contributed by atoms with Crippen LogP contribution in [-0.2, 0) is 19.1 Å². The van der Waals surface area contributed by atoms with Crippen LogP contribution in [0.2, 0.25) is 0 Å². The van der Waals surface area contributed by atoms with Gasteiger partial charge in [-0.05, 0) is 12.8 Å². The fraction of sp³-hybridized carbons (Fsp3) is 0.750. The van der Waals surface area contributed by atoms with Gasteiger partial charge in [-0.15, -0.1) is 0 Å². The van der Waals surface area contributed by atoms with Crippen molar-refractivity contribution in [3.05, 3.63) is 0 Å². The first kappa shape index (κ1) is 8.50. The Morgan fingerprint density at radius 3 is 2.08 bits per heavy atom. The minimum Gasteiger partial charge on any atom is -0.421 e. The Kier molecular flexibility index (Phi) is 1.76. The van der Waals surface area contributed by atoms with Crippen LogP contribution in [0, 0.1) is 0 Å². The largest absolute Gasteiger partial charge is 0.421 e. The molecule has 2 aliphatic rings. The van der Waals surface area contributed by atoms with Gasteiger partial charge in [0.25, 0.3) is 5.79 Å². The van der Waals surface area contributed by atoms with Crippen molar-refractivity contribution < 1.29 is 19.1 Å². The first-order valence-corrected chi connectivity index (χ1v) is 4.34. The van der Waals surface area contributed by atoms with E-state index >= 15 is 0 Å². The van der Waals surface area contributed by atoms with E-state index in [1.807, 2.05) is 0 Å². The number of nitrogens with two attached hydrogens (primary N) is 1. The lowest BCUT2D eigenvalue weighted by Gasteiger charge is -2.34.